The lowest BCUT2D eigenvalue weighted by Crippen LogP contribution is -2.79. The maximum absolute atomic E-state index is 11.9. The Balaban J connectivity index is 1.61. The summed E-state index contributed by atoms with van der Waals surface area (Å²) in [6.45, 7) is 6.24. The number of carboxylic acids is 1. The van der Waals surface area contributed by atoms with Crippen LogP contribution in [0.25, 0.3) is 0 Å². The van der Waals surface area contributed by atoms with Crippen LogP contribution in [0.3, 0.4) is 0 Å². The summed E-state index contributed by atoms with van der Waals surface area (Å²) in [5, 5.41) is 8.61. The van der Waals surface area contributed by atoms with E-state index in [-0.39, 0.29) is 18.6 Å². The minimum atomic E-state index is -0.891. The highest BCUT2D eigenvalue weighted by atomic mass is 16.4. The van der Waals surface area contributed by atoms with Gasteiger partial charge in [0.2, 0.25) is 0 Å². The molecule has 0 aliphatic carbocycles. The summed E-state index contributed by atoms with van der Waals surface area (Å²) in [6.07, 6.45) is 0.116. The lowest BCUT2D eigenvalue weighted by molar-refractivity contribution is -0.973. The Morgan fingerprint density at radius 2 is 1.44 bits per heavy atom. The van der Waals surface area contributed by atoms with Crippen molar-refractivity contribution in [1.29, 1.82) is 0 Å². The van der Waals surface area contributed by atoms with Crippen molar-refractivity contribution >= 4 is 11.8 Å². The fourth-order valence-electron chi connectivity index (χ4n) is 3.51. The number of carbonyl (C=O) groups is 2. The first kappa shape index (κ1) is 12.0. The first-order valence-electron chi connectivity index (χ1n) is 6.30. The van der Waals surface area contributed by atoms with Crippen LogP contribution in [-0.2, 0) is 9.59 Å². The minimum absolute atomic E-state index is 0.0457. The standard InChI is InChI=1S/C11H18N4O3/c16-10(1-2-11(17)18)3-15-7-12-4-13(8-15)6-14(5-12)9-15/h1-9H2/p+1. The van der Waals surface area contributed by atoms with Crippen molar-refractivity contribution in [2.24, 2.45) is 0 Å². The van der Waals surface area contributed by atoms with Crippen molar-refractivity contribution < 1.29 is 19.2 Å². The summed E-state index contributed by atoms with van der Waals surface area (Å²) in [5.41, 5.74) is 0. The molecule has 4 bridgehead atoms. The number of nitrogens with zero attached hydrogens (tertiary/aromatic N) is 4. The molecule has 7 heteroatoms. The van der Waals surface area contributed by atoms with Crippen LogP contribution >= 0.6 is 0 Å². The number of hydrogen-bond acceptors (Lipinski definition) is 5. The quantitative estimate of drug-likeness (QED) is 0.631. The monoisotopic (exact) mass is 255 g/mol. The molecule has 4 fully saturated rings. The molecule has 0 amide bonds. The molecule has 0 unspecified atom stereocenters. The Morgan fingerprint density at radius 3 is 1.89 bits per heavy atom. The molecule has 4 aliphatic heterocycles. The SMILES string of the molecule is O=C(O)CCC(=O)C[N+]12CN3CN(CN(C3)C1)C2. The highest BCUT2D eigenvalue weighted by Gasteiger charge is 2.49. The number of quaternary nitrogens is 1. The average Bonchev–Trinajstić information content (AvgIpc) is 2.23. The van der Waals surface area contributed by atoms with Gasteiger partial charge in [0.25, 0.3) is 0 Å². The van der Waals surface area contributed by atoms with Crippen molar-refractivity contribution in [3.05, 3.63) is 0 Å². The molecular weight excluding hydrogens is 236 g/mol. The van der Waals surface area contributed by atoms with Crippen molar-refractivity contribution in [1.82, 2.24) is 14.7 Å². The zero-order valence-electron chi connectivity index (χ0n) is 10.4. The van der Waals surface area contributed by atoms with E-state index in [1.807, 2.05) is 0 Å². The molecule has 0 aromatic heterocycles. The summed E-state index contributed by atoms with van der Waals surface area (Å²) in [6, 6.07) is 0. The van der Waals surface area contributed by atoms with Gasteiger partial charge in [-0.05, 0) is 0 Å². The number of rotatable bonds is 5. The van der Waals surface area contributed by atoms with E-state index in [2.05, 4.69) is 14.7 Å². The van der Waals surface area contributed by atoms with Crippen LogP contribution in [0.4, 0.5) is 0 Å². The van der Waals surface area contributed by atoms with Gasteiger partial charge in [-0.15, -0.1) is 0 Å². The second-order valence-electron chi connectivity index (χ2n) is 5.79. The normalized spacial score (nSPS) is 41.0. The molecule has 0 aromatic carbocycles. The number of hydrogen-bond donors (Lipinski definition) is 1. The molecule has 0 radical (unpaired) electrons. The van der Waals surface area contributed by atoms with Crippen LogP contribution in [0.1, 0.15) is 12.8 Å². The van der Waals surface area contributed by atoms with Gasteiger partial charge in [-0.25, -0.2) is 14.7 Å². The number of Topliss-reactive ketones (excluding diaryl/α,β-unsaturated/α-hetero) is 1. The van der Waals surface area contributed by atoms with Crippen LogP contribution in [-0.4, -0.2) is 82.6 Å². The number of carboxylic acid groups (broad SMARTS) is 1. The Kier molecular flexibility index (Phi) is 2.86. The minimum Gasteiger partial charge on any atom is -0.481 e. The zero-order chi connectivity index (χ0) is 12.8. The zero-order valence-corrected chi connectivity index (χ0v) is 10.4. The van der Waals surface area contributed by atoms with E-state index >= 15 is 0 Å². The molecule has 4 aliphatic rings. The average molecular weight is 255 g/mol. The molecule has 4 rings (SSSR count). The lowest BCUT2D eigenvalue weighted by Gasteiger charge is -2.60. The van der Waals surface area contributed by atoms with E-state index < -0.39 is 5.97 Å². The summed E-state index contributed by atoms with van der Waals surface area (Å²) < 4.78 is 0.762. The molecule has 1 N–H and O–H groups in total. The largest absolute Gasteiger partial charge is 0.481 e. The molecular formula is C11H19N4O3+. The fourth-order valence-corrected chi connectivity index (χ4v) is 3.51. The highest BCUT2D eigenvalue weighted by Crippen LogP contribution is 2.28. The van der Waals surface area contributed by atoms with Gasteiger partial charge in [-0.2, -0.15) is 0 Å². The van der Waals surface area contributed by atoms with Gasteiger partial charge in [-0.1, -0.05) is 0 Å². The molecule has 18 heavy (non-hydrogen) atoms. The third kappa shape index (κ3) is 2.26. The lowest BCUT2D eigenvalue weighted by atomic mass is 10.1. The third-order valence-corrected chi connectivity index (χ3v) is 3.83. The summed E-state index contributed by atoms with van der Waals surface area (Å²) >= 11 is 0. The van der Waals surface area contributed by atoms with Crippen LogP contribution in [0.5, 0.6) is 0 Å². The first-order chi connectivity index (χ1) is 8.55. The number of ketones is 1. The maximum Gasteiger partial charge on any atom is 0.303 e. The number of carbonyl (C=O) groups excluding carboxylic acids is 1. The molecule has 4 saturated heterocycles. The predicted molar refractivity (Wildman–Crippen MR) is 61.7 cm³/mol. The van der Waals surface area contributed by atoms with Crippen molar-refractivity contribution in [3.63, 3.8) is 0 Å². The van der Waals surface area contributed by atoms with E-state index in [0.717, 1.165) is 44.5 Å². The van der Waals surface area contributed by atoms with E-state index in [9.17, 15) is 9.59 Å². The summed E-state index contributed by atoms with van der Waals surface area (Å²) in [5.74, 6) is -0.819. The smallest absolute Gasteiger partial charge is 0.303 e. The molecule has 0 saturated carbocycles. The van der Waals surface area contributed by atoms with Crippen LogP contribution in [0.15, 0.2) is 0 Å². The van der Waals surface area contributed by atoms with Crippen molar-refractivity contribution in [2.75, 3.05) is 46.6 Å². The van der Waals surface area contributed by atoms with Crippen molar-refractivity contribution in [2.45, 2.75) is 12.8 Å². The maximum atomic E-state index is 11.9. The fraction of sp³-hybridized carbons (Fsp3) is 0.818. The van der Waals surface area contributed by atoms with Crippen LogP contribution < -0.4 is 0 Å². The van der Waals surface area contributed by atoms with E-state index in [4.69, 9.17) is 5.11 Å². The predicted octanol–water partition coefficient (Wildman–Crippen LogP) is -1.07. The Labute approximate surface area is 106 Å². The Hall–Kier alpha value is -1.02. The van der Waals surface area contributed by atoms with E-state index in [1.165, 1.54) is 0 Å². The molecule has 7 nitrogen and oxygen atoms in total. The Morgan fingerprint density at radius 1 is 0.944 bits per heavy atom. The van der Waals surface area contributed by atoms with Crippen LogP contribution in [0, 0.1) is 0 Å². The molecule has 0 atom stereocenters. The molecule has 0 spiro atoms. The van der Waals surface area contributed by atoms with Gasteiger partial charge in [0.15, 0.2) is 5.78 Å². The molecule has 4 heterocycles. The van der Waals surface area contributed by atoms with Gasteiger partial charge in [0, 0.05) is 6.42 Å². The van der Waals surface area contributed by atoms with Gasteiger partial charge in [0.05, 0.1) is 26.4 Å². The second kappa shape index (κ2) is 4.27. The van der Waals surface area contributed by atoms with Crippen LogP contribution in [0.2, 0.25) is 0 Å². The van der Waals surface area contributed by atoms with Gasteiger partial charge in [0.1, 0.15) is 26.6 Å². The van der Waals surface area contributed by atoms with E-state index in [1.54, 1.807) is 0 Å². The number of aliphatic carboxylic acids is 1. The Bertz CT molecular complexity index is 349. The summed E-state index contributed by atoms with van der Waals surface area (Å²) in [7, 11) is 0. The van der Waals surface area contributed by atoms with Gasteiger partial charge in [-0.3, -0.25) is 14.1 Å². The topological polar surface area (TPSA) is 64.1 Å². The molecule has 100 valence electrons. The first-order valence-corrected chi connectivity index (χ1v) is 6.30. The van der Waals surface area contributed by atoms with Gasteiger partial charge >= 0.3 is 5.97 Å². The summed E-state index contributed by atoms with van der Waals surface area (Å²) in [4.78, 5) is 29.4. The highest BCUT2D eigenvalue weighted by molar-refractivity contribution is 5.83. The van der Waals surface area contributed by atoms with Gasteiger partial charge < -0.3 is 5.11 Å². The van der Waals surface area contributed by atoms with E-state index in [0.29, 0.717) is 6.54 Å². The van der Waals surface area contributed by atoms with Crippen molar-refractivity contribution in [3.8, 4) is 0 Å². The second-order valence-corrected chi connectivity index (χ2v) is 5.79. The molecule has 0 aromatic rings. The third-order valence-electron chi connectivity index (χ3n) is 3.83.